The zero-order valence-electron chi connectivity index (χ0n) is 30.7. The van der Waals surface area contributed by atoms with Crippen LogP contribution < -0.4 is 10.6 Å². The standard InChI is InChI=1S/C51H34N4OS/c1-3-12-31(13-4-1)49-52-50(32-14-5-2-6-15-32)54-51(53-49)34-23-26-44-40(28-34)39-25-22-33(29-45(39)56-44)36-18-11-21-47-48(36)41-30-35(24-27-46(41)57-47)55-42-19-9-7-16-37(42)38-17-8-10-20-43(38)55/h1-30,49,51,53H,(H,52,54). The van der Waals surface area contributed by atoms with Crippen molar-refractivity contribution in [1.29, 1.82) is 0 Å². The zero-order valence-corrected chi connectivity index (χ0v) is 31.5. The van der Waals surface area contributed by atoms with Crippen LogP contribution in [0.2, 0.25) is 0 Å². The highest BCUT2D eigenvalue weighted by Gasteiger charge is 2.26. The fourth-order valence-electron chi connectivity index (χ4n) is 8.82. The van der Waals surface area contributed by atoms with Crippen molar-refractivity contribution in [3.8, 4) is 16.8 Å². The molecule has 0 fully saturated rings. The number of amidine groups is 1. The lowest BCUT2D eigenvalue weighted by molar-refractivity contribution is 0.409. The molecule has 8 aromatic carbocycles. The van der Waals surface area contributed by atoms with Gasteiger partial charge in [-0.05, 0) is 82.9 Å². The van der Waals surface area contributed by atoms with E-state index in [9.17, 15) is 0 Å². The van der Waals surface area contributed by atoms with E-state index in [0.29, 0.717) is 0 Å². The Kier molecular flexibility index (Phi) is 7.24. The van der Waals surface area contributed by atoms with Crippen LogP contribution in [0.3, 0.4) is 0 Å². The number of para-hydroxylation sites is 2. The van der Waals surface area contributed by atoms with Gasteiger partial charge in [0.1, 0.15) is 29.3 Å². The highest BCUT2D eigenvalue weighted by atomic mass is 32.1. The SMILES string of the molecule is c1ccc(C2=NC(c3ccccc3)NC(c3ccc4oc5cc(-c6cccc7sc8ccc(-n9c%10ccccc%10c%10ccccc%109)cc8c67)ccc5c4c3)N2)cc1. The van der Waals surface area contributed by atoms with E-state index < -0.39 is 0 Å². The molecule has 1 aliphatic heterocycles. The Morgan fingerprint density at radius 1 is 0.509 bits per heavy atom. The van der Waals surface area contributed by atoms with E-state index in [0.717, 1.165) is 55.7 Å². The summed E-state index contributed by atoms with van der Waals surface area (Å²) >= 11 is 1.85. The highest BCUT2D eigenvalue weighted by Crippen LogP contribution is 2.43. The third kappa shape index (κ3) is 5.22. The monoisotopic (exact) mass is 750 g/mol. The first-order valence-electron chi connectivity index (χ1n) is 19.3. The molecule has 0 saturated heterocycles. The fraction of sp³-hybridized carbons (Fsp3) is 0.0392. The van der Waals surface area contributed by atoms with Gasteiger partial charge >= 0.3 is 0 Å². The quantitative estimate of drug-likeness (QED) is 0.184. The molecule has 270 valence electrons. The molecule has 2 N–H and O–H groups in total. The van der Waals surface area contributed by atoms with Crippen LogP contribution in [0.1, 0.15) is 29.0 Å². The lowest BCUT2D eigenvalue weighted by Crippen LogP contribution is -2.44. The lowest BCUT2D eigenvalue weighted by Gasteiger charge is -2.32. The molecule has 0 aliphatic carbocycles. The maximum atomic E-state index is 6.60. The van der Waals surface area contributed by atoms with E-state index in [1.807, 2.05) is 23.5 Å². The molecule has 4 heterocycles. The Morgan fingerprint density at radius 3 is 2.07 bits per heavy atom. The number of fused-ring (bicyclic) bond motifs is 9. The first kappa shape index (κ1) is 32.3. The average Bonchev–Trinajstić information content (AvgIpc) is 3.95. The zero-order chi connectivity index (χ0) is 37.5. The molecule has 6 heteroatoms. The van der Waals surface area contributed by atoms with Gasteiger partial charge in [0, 0.05) is 53.0 Å². The molecule has 0 bridgehead atoms. The third-order valence-corrected chi connectivity index (χ3v) is 12.6. The number of thiophene rings is 1. The minimum absolute atomic E-state index is 0.159. The van der Waals surface area contributed by atoms with E-state index in [2.05, 4.69) is 185 Å². The summed E-state index contributed by atoms with van der Waals surface area (Å²) in [4.78, 5) is 5.09. The summed E-state index contributed by atoms with van der Waals surface area (Å²) in [5.74, 6) is 0.868. The minimum atomic E-state index is -0.194. The van der Waals surface area contributed by atoms with Crippen molar-refractivity contribution in [2.45, 2.75) is 12.3 Å². The van der Waals surface area contributed by atoms with Gasteiger partial charge in [-0.15, -0.1) is 11.3 Å². The fourth-order valence-corrected chi connectivity index (χ4v) is 9.93. The van der Waals surface area contributed by atoms with Crippen molar-refractivity contribution in [2.24, 2.45) is 4.99 Å². The third-order valence-electron chi connectivity index (χ3n) is 11.5. The second-order valence-corrected chi connectivity index (χ2v) is 15.9. The number of benzene rings is 8. The molecule has 0 saturated carbocycles. The molecule has 0 radical (unpaired) electrons. The molecule has 3 aromatic heterocycles. The predicted octanol–water partition coefficient (Wildman–Crippen LogP) is 13.1. The van der Waals surface area contributed by atoms with Crippen molar-refractivity contribution in [1.82, 2.24) is 15.2 Å². The Bertz CT molecular complexity index is 3320. The molecule has 12 rings (SSSR count). The minimum Gasteiger partial charge on any atom is -0.456 e. The number of nitrogens with zero attached hydrogens (tertiary/aromatic N) is 2. The molecule has 1 aliphatic rings. The Hall–Kier alpha value is -6.99. The van der Waals surface area contributed by atoms with Gasteiger partial charge in [0.2, 0.25) is 0 Å². The van der Waals surface area contributed by atoms with Crippen LogP contribution in [0.5, 0.6) is 0 Å². The summed E-state index contributed by atoms with van der Waals surface area (Å²) in [6.45, 7) is 0. The molecular formula is C51H34N4OS. The van der Waals surface area contributed by atoms with Gasteiger partial charge in [-0.3, -0.25) is 5.32 Å². The van der Waals surface area contributed by atoms with Gasteiger partial charge in [-0.2, -0.15) is 0 Å². The van der Waals surface area contributed by atoms with Crippen molar-refractivity contribution in [3.05, 3.63) is 199 Å². The van der Waals surface area contributed by atoms with E-state index in [-0.39, 0.29) is 12.3 Å². The summed E-state index contributed by atoms with van der Waals surface area (Å²) in [6.07, 6.45) is -0.352. The largest absolute Gasteiger partial charge is 0.456 e. The van der Waals surface area contributed by atoms with E-state index in [1.165, 1.54) is 47.5 Å². The maximum Gasteiger partial charge on any atom is 0.136 e. The molecule has 0 spiro atoms. The van der Waals surface area contributed by atoms with Gasteiger partial charge in [-0.1, -0.05) is 121 Å². The number of aliphatic imine (C=N–C) groups is 1. The summed E-state index contributed by atoms with van der Waals surface area (Å²) in [7, 11) is 0. The molecule has 57 heavy (non-hydrogen) atoms. The van der Waals surface area contributed by atoms with Crippen LogP contribution in [-0.4, -0.2) is 10.4 Å². The van der Waals surface area contributed by atoms with Crippen LogP contribution >= 0.6 is 11.3 Å². The Balaban J connectivity index is 0.948. The van der Waals surface area contributed by atoms with E-state index in [1.54, 1.807) is 0 Å². The van der Waals surface area contributed by atoms with Crippen LogP contribution in [0.4, 0.5) is 0 Å². The summed E-state index contributed by atoms with van der Waals surface area (Å²) in [6, 6.07) is 65.0. The molecular weight excluding hydrogens is 717 g/mol. The molecule has 11 aromatic rings. The van der Waals surface area contributed by atoms with Gasteiger partial charge in [0.25, 0.3) is 0 Å². The van der Waals surface area contributed by atoms with Crippen LogP contribution in [0.15, 0.2) is 191 Å². The van der Waals surface area contributed by atoms with Crippen LogP contribution in [-0.2, 0) is 0 Å². The number of hydrogen-bond donors (Lipinski definition) is 2. The molecule has 2 atom stereocenters. The first-order valence-corrected chi connectivity index (χ1v) is 20.2. The predicted molar refractivity (Wildman–Crippen MR) is 238 cm³/mol. The number of hydrogen-bond acceptors (Lipinski definition) is 5. The van der Waals surface area contributed by atoms with Crippen molar-refractivity contribution in [2.75, 3.05) is 0 Å². The van der Waals surface area contributed by atoms with Crippen molar-refractivity contribution in [3.63, 3.8) is 0 Å². The molecule has 5 nitrogen and oxygen atoms in total. The van der Waals surface area contributed by atoms with E-state index >= 15 is 0 Å². The van der Waals surface area contributed by atoms with Crippen LogP contribution in [0.25, 0.3) is 80.7 Å². The van der Waals surface area contributed by atoms with Gasteiger partial charge in [0.05, 0.1) is 11.0 Å². The summed E-state index contributed by atoms with van der Waals surface area (Å²) in [5.41, 5.74) is 11.0. The van der Waals surface area contributed by atoms with Gasteiger partial charge < -0.3 is 14.3 Å². The highest BCUT2D eigenvalue weighted by molar-refractivity contribution is 7.26. The van der Waals surface area contributed by atoms with E-state index in [4.69, 9.17) is 9.41 Å². The summed E-state index contributed by atoms with van der Waals surface area (Å²) in [5, 5.41) is 14.7. The second-order valence-electron chi connectivity index (χ2n) is 14.8. The van der Waals surface area contributed by atoms with Gasteiger partial charge in [0.15, 0.2) is 0 Å². The molecule has 2 unspecified atom stereocenters. The van der Waals surface area contributed by atoms with Crippen molar-refractivity contribution < 1.29 is 4.42 Å². The number of rotatable bonds is 5. The Morgan fingerprint density at radius 2 is 1.26 bits per heavy atom. The normalized spacial score (nSPS) is 15.9. The number of nitrogens with one attached hydrogen (secondary N) is 2. The maximum absolute atomic E-state index is 6.60. The van der Waals surface area contributed by atoms with Gasteiger partial charge in [-0.25, -0.2) is 4.99 Å². The average molecular weight is 751 g/mol. The lowest BCUT2D eigenvalue weighted by atomic mass is 9.98. The summed E-state index contributed by atoms with van der Waals surface area (Å²) < 4.78 is 11.6. The topological polar surface area (TPSA) is 54.5 Å². The second kappa shape index (κ2) is 12.8. The van der Waals surface area contributed by atoms with Crippen molar-refractivity contribution >= 4 is 81.1 Å². The van der Waals surface area contributed by atoms with Crippen LogP contribution in [0, 0.1) is 0 Å². The number of furan rings is 1. The first-order chi connectivity index (χ1) is 28.2. The smallest absolute Gasteiger partial charge is 0.136 e. The Labute approximate surface area is 332 Å². The molecule has 0 amide bonds. The number of aromatic nitrogens is 1.